The molecule has 17 heavy (non-hydrogen) atoms. The summed E-state index contributed by atoms with van der Waals surface area (Å²) >= 11 is 1.99. The molecule has 0 aliphatic carbocycles. The second-order valence-electron chi connectivity index (χ2n) is 4.42. The molecule has 0 spiro atoms. The maximum Gasteiger partial charge on any atom is 0.269 e. The summed E-state index contributed by atoms with van der Waals surface area (Å²) < 4.78 is 0.282. The minimum Gasteiger partial charge on any atom is -0.367 e. The Balaban J connectivity index is 1.93. The second kappa shape index (κ2) is 4.91. The Morgan fingerprint density at radius 2 is 2.41 bits per heavy atom. The zero-order chi connectivity index (χ0) is 12.3. The summed E-state index contributed by atoms with van der Waals surface area (Å²) in [6.45, 7) is 3.12. The number of carbonyl (C=O) groups excluding carboxylic acids is 1. The van der Waals surface area contributed by atoms with Crippen molar-refractivity contribution in [2.75, 3.05) is 17.6 Å². The molecule has 6 heteroatoms. The summed E-state index contributed by atoms with van der Waals surface area (Å²) in [5, 5.41) is 10.9. The number of hydrogen-bond acceptors (Lipinski definition) is 5. The first-order valence-corrected chi connectivity index (χ1v) is 6.59. The number of aromatic nitrogens is 2. The van der Waals surface area contributed by atoms with E-state index in [0.717, 1.165) is 6.54 Å². The molecule has 3 N–H and O–H groups in total. The van der Waals surface area contributed by atoms with Gasteiger partial charge < -0.3 is 11.1 Å². The second-order valence-corrected chi connectivity index (χ2v) is 6.11. The van der Waals surface area contributed by atoms with Gasteiger partial charge in [0.15, 0.2) is 5.69 Å². The summed E-state index contributed by atoms with van der Waals surface area (Å²) in [6, 6.07) is 3.32. The number of rotatable bonds is 4. The molecule has 1 aliphatic rings. The Kier molecular flexibility index (Phi) is 3.51. The van der Waals surface area contributed by atoms with Crippen LogP contribution in [0.4, 0.5) is 5.82 Å². The Morgan fingerprint density at radius 1 is 1.59 bits per heavy atom. The average Bonchev–Trinajstić information content (AvgIpc) is 2.75. The zero-order valence-electron chi connectivity index (χ0n) is 9.77. The predicted molar refractivity (Wildman–Crippen MR) is 69.1 cm³/mol. The van der Waals surface area contributed by atoms with Gasteiger partial charge in [-0.3, -0.25) is 4.79 Å². The Morgan fingerprint density at radius 3 is 2.94 bits per heavy atom. The zero-order valence-corrected chi connectivity index (χ0v) is 10.6. The van der Waals surface area contributed by atoms with Gasteiger partial charge in [-0.05, 0) is 37.7 Å². The van der Waals surface area contributed by atoms with E-state index in [0.29, 0.717) is 5.82 Å². The number of primary amides is 1. The highest BCUT2D eigenvalue weighted by molar-refractivity contribution is 8.00. The number of hydrogen-bond donors (Lipinski definition) is 2. The van der Waals surface area contributed by atoms with Crippen LogP contribution in [0.25, 0.3) is 0 Å². The highest BCUT2D eigenvalue weighted by Gasteiger charge is 2.29. The number of carbonyl (C=O) groups is 1. The summed E-state index contributed by atoms with van der Waals surface area (Å²) in [4.78, 5) is 10.8. The van der Waals surface area contributed by atoms with Crippen molar-refractivity contribution >= 4 is 23.5 Å². The van der Waals surface area contributed by atoms with E-state index in [1.807, 2.05) is 11.8 Å². The van der Waals surface area contributed by atoms with Crippen LogP contribution in [-0.4, -0.2) is 33.1 Å². The van der Waals surface area contributed by atoms with Crippen LogP contribution in [0.1, 0.15) is 30.3 Å². The number of nitrogens with two attached hydrogens (primary N) is 1. The van der Waals surface area contributed by atoms with Gasteiger partial charge in [-0.1, -0.05) is 0 Å². The molecule has 0 bridgehead atoms. The van der Waals surface area contributed by atoms with E-state index in [4.69, 9.17) is 5.73 Å². The van der Waals surface area contributed by atoms with E-state index in [-0.39, 0.29) is 10.4 Å². The largest absolute Gasteiger partial charge is 0.367 e. The van der Waals surface area contributed by atoms with E-state index in [2.05, 4.69) is 22.4 Å². The molecule has 0 aromatic carbocycles. The smallest absolute Gasteiger partial charge is 0.269 e. The summed E-state index contributed by atoms with van der Waals surface area (Å²) in [7, 11) is 0. The van der Waals surface area contributed by atoms with Gasteiger partial charge in [0.05, 0.1) is 0 Å². The molecule has 2 rings (SSSR count). The number of amides is 1. The third-order valence-electron chi connectivity index (χ3n) is 2.86. The van der Waals surface area contributed by atoms with Gasteiger partial charge in [-0.15, -0.1) is 10.2 Å². The summed E-state index contributed by atoms with van der Waals surface area (Å²) in [5.74, 6) is 1.36. The monoisotopic (exact) mass is 252 g/mol. The van der Waals surface area contributed by atoms with Crippen molar-refractivity contribution < 1.29 is 4.79 Å². The van der Waals surface area contributed by atoms with Crippen molar-refractivity contribution in [3.8, 4) is 0 Å². The van der Waals surface area contributed by atoms with Crippen molar-refractivity contribution in [1.29, 1.82) is 0 Å². The van der Waals surface area contributed by atoms with Crippen molar-refractivity contribution in [1.82, 2.24) is 10.2 Å². The molecule has 0 radical (unpaired) electrons. The van der Waals surface area contributed by atoms with Gasteiger partial charge in [0.25, 0.3) is 5.91 Å². The third-order valence-corrected chi connectivity index (χ3v) is 4.40. The summed E-state index contributed by atoms with van der Waals surface area (Å²) in [5.41, 5.74) is 5.28. The van der Waals surface area contributed by atoms with Crippen molar-refractivity contribution in [2.45, 2.75) is 24.5 Å². The lowest BCUT2D eigenvalue weighted by molar-refractivity contribution is 0.0994. The fraction of sp³-hybridized carbons (Fsp3) is 0.545. The molecule has 0 saturated carbocycles. The van der Waals surface area contributed by atoms with Crippen LogP contribution in [0.15, 0.2) is 12.1 Å². The van der Waals surface area contributed by atoms with Crippen LogP contribution in [0, 0.1) is 0 Å². The Labute approximate surface area is 105 Å². The van der Waals surface area contributed by atoms with Gasteiger partial charge in [0.2, 0.25) is 0 Å². The molecule has 1 aliphatic heterocycles. The molecular formula is C11H16N4OS. The molecular weight excluding hydrogens is 236 g/mol. The number of nitrogens with one attached hydrogen (secondary N) is 1. The van der Waals surface area contributed by atoms with Crippen molar-refractivity contribution in [3.05, 3.63) is 17.8 Å². The molecule has 2 heterocycles. The lowest BCUT2D eigenvalue weighted by Crippen LogP contribution is -2.27. The van der Waals surface area contributed by atoms with E-state index in [1.165, 1.54) is 18.6 Å². The van der Waals surface area contributed by atoms with Gasteiger partial charge in [0, 0.05) is 11.3 Å². The highest BCUT2D eigenvalue weighted by atomic mass is 32.2. The fourth-order valence-corrected chi connectivity index (χ4v) is 3.06. The standard InChI is InChI=1S/C11H16N4OS/c1-11(5-2-6-17-11)7-13-9-4-3-8(10(12)16)14-15-9/h3-4H,2,5-7H2,1H3,(H2,12,16)(H,13,15). The Bertz CT molecular complexity index is 400. The SMILES string of the molecule is CC1(CNc2ccc(C(N)=O)nn2)CCCS1. The van der Waals surface area contributed by atoms with E-state index >= 15 is 0 Å². The molecule has 1 aromatic rings. The van der Waals surface area contributed by atoms with Crippen LogP contribution in [-0.2, 0) is 0 Å². The van der Waals surface area contributed by atoms with Crippen LogP contribution < -0.4 is 11.1 Å². The molecule has 92 valence electrons. The first kappa shape index (κ1) is 12.2. The maximum absolute atomic E-state index is 10.8. The van der Waals surface area contributed by atoms with Crippen LogP contribution >= 0.6 is 11.8 Å². The molecule has 1 fully saturated rings. The molecule has 1 atom stereocenters. The molecule has 1 aromatic heterocycles. The lowest BCUT2D eigenvalue weighted by Gasteiger charge is -2.22. The van der Waals surface area contributed by atoms with Gasteiger partial charge >= 0.3 is 0 Å². The highest BCUT2D eigenvalue weighted by Crippen LogP contribution is 2.37. The lowest BCUT2D eigenvalue weighted by atomic mass is 10.1. The quantitative estimate of drug-likeness (QED) is 0.843. The normalized spacial score (nSPS) is 23.6. The van der Waals surface area contributed by atoms with E-state index < -0.39 is 5.91 Å². The first-order chi connectivity index (χ1) is 8.09. The van der Waals surface area contributed by atoms with Crippen LogP contribution in [0.3, 0.4) is 0 Å². The van der Waals surface area contributed by atoms with E-state index in [1.54, 1.807) is 12.1 Å². The van der Waals surface area contributed by atoms with Gasteiger partial charge in [0.1, 0.15) is 5.82 Å². The fourth-order valence-electron chi connectivity index (χ4n) is 1.81. The van der Waals surface area contributed by atoms with Gasteiger partial charge in [-0.25, -0.2) is 0 Å². The maximum atomic E-state index is 10.8. The minimum absolute atomic E-state index is 0.192. The van der Waals surface area contributed by atoms with Crippen molar-refractivity contribution in [3.63, 3.8) is 0 Å². The topological polar surface area (TPSA) is 80.9 Å². The Hall–Kier alpha value is -1.30. The minimum atomic E-state index is -0.553. The first-order valence-electron chi connectivity index (χ1n) is 5.60. The van der Waals surface area contributed by atoms with E-state index in [9.17, 15) is 4.79 Å². The number of nitrogens with zero attached hydrogens (tertiary/aromatic N) is 2. The molecule has 1 saturated heterocycles. The van der Waals surface area contributed by atoms with Crippen LogP contribution in [0.5, 0.6) is 0 Å². The number of anilines is 1. The summed E-state index contributed by atoms with van der Waals surface area (Å²) in [6.07, 6.45) is 2.49. The molecule has 1 unspecified atom stereocenters. The number of thioether (sulfide) groups is 1. The predicted octanol–water partition coefficient (Wildman–Crippen LogP) is 1.27. The van der Waals surface area contributed by atoms with Gasteiger partial charge in [-0.2, -0.15) is 11.8 Å². The average molecular weight is 252 g/mol. The third kappa shape index (κ3) is 3.09. The van der Waals surface area contributed by atoms with Crippen molar-refractivity contribution in [2.24, 2.45) is 5.73 Å². The molecule has 1 amide bonds. The molecule has 5 nitrogen and oxygen atoms in total. The van der Waals surface area contributed by atoms with Crippen LogP contribution in [0.2, 0.25) is 0 Å².